The van der Waals surface area contributed by atoms with E-state index in [-0.39, 0.29) is 0 Å². The molecule has 0 spiro atoms. The van der Waals surface area contributed by atoms with Crippen LogP contribution in [0, 0.1) is 20.8 Å². The van der Waals surface area contributed by atoms with Crippen LogP contribution in [0.1, 0.15) is 35.9 Å². The van der Waals surface area contributed by atoms with Crippen molar-refractivity contribution in [3.63, 3.8) is 0 Å². The van der Waals surface area contributed by atoms with Crippen molar-refractivity contribution in [3.05, 3.63) is 71.0 Å². The van der Waals surface area contributed by atoms with Crippen molar-refractivity contribution < 1.29 is 0 Å². The molecule has 0 saturated carbocycles. The van der Waals surface area contributed by atoms with E-state index >= 15 is 0 Å². The molecule has 3 aromatic rings. The van der Waals surface area contributed by atoms with Crippen molar-refractivity contribution in [2.24, 2.45) is 0 Å². The number of para-hydroxylation sites is 1. The first kappa shape index (κ1) is 18.8. The van der Waals surface area contributed by atoms with Gasteiger partial charge in [-0.3, -0.25) is 0 Å². The summed E-state index contributed by atoms with van der Waals surface area (Å²) in [5.41, 5.74) is 4.64. The molecule has 2 aromatic carbocycles. The van der Waals surface area contributed by atoms with Crippen molar-refractivity contribution in [2.45, 2.75) is 40.7 Å². The molecule has 0 radical (unpaired) electrons. The van der Waals surface area contributed by atoms with Crippen molar-refractivity contribution >= 4 is 17.6 Å². The lowest BCUT2D eigenvalue weighted by Crippen LogP contribution is -2.26. The molecule has 1 heterocycles. The van der Waals surface area contributed by atoms with Crippen molar-refractivity contribution in [3.8, 4) is 0 Å². The van der Waals surface area contributed by atoms with E-state index in [1.165, 1.54) is 16.7 Å². The second-order valence-corrected chi connectivity index (χ2v) is 6.81. The summed E-state index contributed by atoms with van der Waals surface area (Å²) >= 11 is 0. The van der Waals surface area contributed by atoms with Crippen molar-refractivity contribution in [2.75, 3.05) is 16.8 Å². The molecule has 3 rings (SSSR count). The monoisotopic (exact) mass is 361 g/mol. The molecule has 1 aromatic heterocycles. The lowest BCUT2D eigenvalue weighted by atomic mass is 10.1. The first-order valence-electron chi connectivity index (χ1n) is 9.41. The summed E-state index contributed by atoms with van der Waals surface area (Å²) in [4.78, 5) is 16.0. The molecule has 140 valence electrons. The molecule has 0 amide bonds. The van der Waals surface area contributed by atoms with E-state index in [0.29, 0.717) is 17.7 Å². The Hall–Kier alpha value is -2.95. The van der Waals surface area contributed by atoms with Gasteiger partial charge in [-0.2, -0.15) is 15.0 Å². The minimum absolute atomic E-state index is 0.587. The maximum absolute atomic E-state index is 4.72. The molecule has 0 atom stereocenters. The van der Waals surface area contributed by atoms with Gasteiger partial charge in [-0.25, -0.2) is 0 Å². The summed E-state index contributed by atoms with van der Waals surface area (Å²) in [6.07, 6.45) is 1.03. The predicted molar refractivity (Wildman–Crippen MR) is 112 cm³/mol. The maximum atomic E-state index is 4.72. The number of anilines is 3. The SMILES string of the molecule is CCCN(Cc1ccccc1)c1nc(C)nc(Nc2c(C)cccc2C)n1. The fraction of sp³-hybridized carbons (Fsp3) is 0.318. The Labute approximate surface area is 161 Å². The average molecular weight is 361 g/mol. The third-order valence-electron chi connectivity index (χ3n) is 4.45. The Balaban J connectivity index is 1.90. The van der Waals surface area contributed by atoms with Gasteiger partial charge in [0.05, 0.1) is 0 Å². The lowest BCUT2D eigenvalue weighted by molar-refractivity contribution is 0.731. The van der Waals surface area contributed by atoms with Crippen molar-refractivity contribution in [1.82, 2.24) is 15.0 Å². The molecule has 5 heteroatoms. The first-order chi connectivity index (χ1) is 13.1. The van der Waals surface area contributed by atoms with E-state index in [0.717, 1.165) is 25.2 Å². The molecule has 5 nitrogen and oxygen atoms in total. The van der Waals surface area contributed by atoms with Crippen LogP contribution in [0.25, 0.3) is 0 Å². The van der Waals surface area contributed by atoms with Gasteiger partial charge in [-0.1, -0.05) is 55.5 Å². The summed E-state index contributed by atoms with van der Waals surface area (Å²) in [6, 6.07) is 16.7. The number of hydrogen-bond acceptors (Lipinski definition) is 5. The quantitative estimate of drug-likeness (QED) is 0.645. The Bertz CT molecular complexity index is 872. The standard InChI is InChI=1S/C22H27N5/c1-5-14-27(15-19-12-7-6-8-13-19)22-24-18(4)23-21(26-22)25-20-16(2)10-9-11-17(20)3/h6-13H,5,14-15H2,1-4H3,(H,23,24,25,26). The lowest BCUT2D eigenvalue weighted by Gasteiger charge is -2.23. The molecule has 0 aliphatic carbocycles. The zero-order valence-electron chi connectivity index (χ0n) is 16.5. The molecular weight excluding hydrogens is 334 g/mol. The average Bonchev–Trinajstić information content (AvgIpc) is 2.65. The zero-order chi connectivity index (χ0) is 19.2. The minimum Gasteiger partial charge on any atom is -0.336 e. The van der Waals surface area contributed by atoms with Crippen LogP contribution in [-0.2, 0) is 6.54 Å². The number of hydrogen-bond donors (Lipinski definition) is 1. The van der Waals surface area contributed by atoms with E-state index in [2.05, 4.69) is 83.4 Å². The van der Waals surface area contributed by atoms with Crippen LogP contribution in [0.2, 0.25) is 0 Å². The topological polar surface area (TPSA) is 53.9 Å². The zero-order valence-corrected chi connectivity index (χ0v) is 16.5. The van der Waals surface area contributed by atoms with Crippen LogP contribution in [0.5, 0.6) is 0 Å². The minimum atomic E-state index is 0.587. The highest BCUT2D eigenvalue weighted by Gasteiger charge is 2.13. The summed E-state index contributed by atoms with van der Waals surface area (Å²) in [5.74, 6) is 2.01. The van der Waals surface area contributed by atoms with E-state index < -0.39 is 0 Å². The molecule has 27 heavy (non-hydrogen) atoms. The number of aryl methyl sites for hydroxylation is 3. The third-order valence-corrected chi connectivity index (χ3v) is 4.45. The number of nitrogens with zero attached hydrogens (tertiary/aromatic N) is 4. The van der Waals surface area contributed by atoms with Gasteiger partial charge in [0, 0.05) is 18.8 Å². The Morgan fingerprint density at radius 3 is 2.22 bits per heavy atom. The number of rotatable bonds is 7. The van der Waals surface area contributed by atoms with Gasteiger partial charge in [-0.05, 0) is 43.9 Å². The summed E-state index contributed by atoms with van der Waals surface area (Å²) in [6.45, 7) is 9.92. The Kier molecular flexibility index (Phi) is 6.01. The van der Waals surface area contributed by atoms with Gasteiger partial charge in [0.2, 0.25) is 11.9 Å². The molecule has 0 aliphatic rings. The molecule has 0 fully saturated rings. The van der Waals surface area contributed by atoms with Gasteiger partial charge < -0.3 is 10.2 Å². The molecule has 0 unspecified atom stereocenters. The van der Waals surface area contributed by atoms with Gasteiger partial charge in [0.25, 0.3) is 0 Å². The fourth-order valence-corrected chi connectivity index (χ4v) is 3.11. The summed E-state index contributed by atoms with van der Waals surface area (Å²) < 4.78 is 0. The van der Waals surface area contributed by atoms with E-state index in [1.807, 2.05) is 13.0 Å². The third kappa shape index (κ3) is 4.82. The molecular formula is C22H27N5. The summed E-state index contributed by atoms with van der Waals surface area (Å²) in [5, 5.41) is 3.39. The van der Waals surface area contributed by atoms with Gasteiger partial charge in [0.1, 0.15) is 5.82 Å². The second-order valence-electron chi connectivity index (χ2n) is 6.81. The van der Waals surface area contributed by atoms with Crippen LogP contribution in [0.3, 0.4) is 0 Å². The van der Waals surface area contributed by atoms with Crippen LogP contribution < -0.4 is 10.2 Å². The second kappa shape index (κ2) is 8.62. The van der Waals surface area contributed by atoms with Crippen LogP contribution in [0.15, 0.2) is 48.5 Å². The molecule has 0 aliphatic heterocycles. The Morgan fingerprint density at radius 2 is 1.56 bits per heavy atom. The van der Waals surface area contributed by atoms with Gasteiger partial charge in [-0.15, -0.1) is 0 Å². The maximum Gasteiger partial charge on any atom is 0.232 e. The van der Waals surface area contributed by atoms with E-state index in [4.69, 9.17) is 4.98 Å². The number of aromatic nitrogens is 3. The number of benzene rings is 2. The van der Waals surface area contributed by atoms with E-state index in [9.17, 15) is 0 Å². The smallest absolute Gasteiger partial charge is 0.232 e. The fourth-order valence-electron chi connectivity index (χ4n) is 3.11. The number of nitrogens with one attached hydrogen (secondary N) is 1. The van der Waals surface area contributed by atoms with E-state index in [1.54, 1.807) is 0 Å². The van der Waals surface area contributed by atoms with Gasteiger partial charge >= 0.3 is 0 Å². The van der Waals surface area contributed by atoms with Crippen LogP contribution in [0.4, 0.5) is 17.6 Å². The molecule has 0 saturated heterocycles. The molecule has 0 bridgehead atoms. The molecule has 1 N–H and O–H groups in total. The van der Waals surface area contributed by atoms with Crippen molar-refractivity contribution in [1.29, 1.82) is 0 Å². The first-order valence-corrected chi connectivity index (χ1v) is 9.41. The highest BCUT2D eigenvalue weighted by Crippen LogP contribution is 2.23. The highest BCUT2D eigenvalue weighted by molar-refractivity contribution is 5.63. The van der Waals surface area contributed by atoms with Crippen LogP contribution >= 0.6 is 0 Å². The normalized spacial score (nSPS) is 10.7. The summed E-state index contributed by atoms with van der Waals surface area (Å²) in [7, 11) is 0. The highest BCUT2D eigenvalue weighted by atomic mass is 15.3. The largest absolute Gasteiger partial charge is 0.336 e. The Morgan fingerprint density at radius 1 is 0.852 bits per heavy atom. The van der Waals surface area contributed by atoms with Gasteiger partial charge in [0.15, 0.2) is 0 Å². The van der Waals surface area contributed by atoms with Crippen LogP contribution in [-0.4, -0.2) is 21.5 Å². The predicted octanol–water partition coefficient (Wildman–Crippen LogP) is 4.96.